The molecular weight excluding hydrogens is 360 g/mol. The smallest absolute Gasteiger partial charge is 0.286 e. The number of benzene rings is 2. The summed E-state index contributed by atoms with van der Waals surface area (Å²) in [6, 6.07) is 13.3. The van der Waals surface area contributed by atoms with Crippen LogP contribution in [-0.2, 0) is 17.8 Å². The molecule has 0 unspecified atom stereocenters. The highest BCUT2D eigenvalue weighted by atomic mass is 32.1. The standard InChI is InChI=1S/C21H20N2O3S/c1-4-12-23-18-11-6-15(5-2)13-19(18)27-21(23)22-20(24)14-26-17-9-7-16(25-3)8-10-17/h1,6-11,13H,5,12,14H2,2-3H3. The van der Waals surface area contributed by atoms with Crippen molar-refractivity contribution in [1.82, 2.24) is 4.57 Å². The molecule has 0 bridgehead atoms. The summed E-state index contributed by atoms with van der Waals surface area (Å²) < 4.78 is 13.5. The summed E-state index contributed by atoms with van der Waals surface area (Å²) in [6.07, 6.45) is 6.45. The second-order valence-electron chi connectivity index (χ2n) is 5.80. The Morgan fingerprint density at radius 1 is 1.22 bits per heavy atom. The zero-order chi connectivity index (χ0) is 19.2. The van der Waals surface area contributed by atoms with Crippen molar-refractivity contribution < 1.29 is 14.3 Å². The molecule has 0 N–H and O–H groups in total. The number of nitrogens with zero attached hydrogens (tertiary/aromatic N) is 2. The Kier molecular flexibility index (Phi) is 5.94. The maximum absolute atomic E-state index is 12.3. The van der Waals surface area contributed by atoms with E-state index in [1.807, 2.05) is 10.6 Å². The number of ether oxygens (including phenoxy) is 2. The van der Waals surface area contributed by atoms with Gasteiger partial charge in [-0.1, -0.05) is 30.2 Å². The summed E-state index contributed by atoms with van der Waals surface area (Å²) in [7, 11) is 1.60. The van der Waals surface area contributed by atoms with E-state index in [0.717, 1.165) is 22.4 Å². The maximum atomic E-state index is 12.3. The Bertz CT molecular complexity index is 1060. The van der Waals surface area contributed by atoms with Gasteiger partial charge < -0.3 is 14.0 Å². The number of thiazole rings is 1. The summed E-state index contributed by atoms with van der Waals surface area (Å²) >= 11 is 1.46. The van der Waals surface area contributed by atoms with Crippen LogP contribution in [0.15, 0.2) is 47.5 Å². The number of rotatable bonds is 6. The van der Waals surface area contributed by atoms with Crippen molar-refractivity contribution in [2.45, 2.75) is 19.9 Å². The van der Waals surface area contributed by atoms with Crippen LogP contribution in [0.25, 0.3) is 10.2 Å². The van der Waals surface area contributed by atoms with Gasteiger partial charge in [-0.15, -0.1) is 6.42 Å². The molecule has 1 amide bonds. The van der Waals surface area contributed by atoms with Crippen molar-refractivity contribution in [3.63, 3.8) is 0 Å². The van der Waals surface area contributed by atoms with Crippen molar-refractivity contribution in [3.8, 4) is 23.8 Å². The first-order valence-corrected chi connectivity index (χ1v) is 9.36. The molecule has 5 nitrogen and oxygen atoms in total. The predicted octanol–water partition coefficient (Wildman–Crippen LogP) is 3.41. The first-order valence-electron chi connectivity index (χ1n) is 8.54. The highest BCUT2D eigenvalue weighted by molar-refractivity contribution is 7.16. The summed E-state index contributed by atoms with van der Waals surface area (Å²) in [5.74, 6) is 3.58. The van der Waals surface area contributed by atoms with Gasteiger partial charge in [-0.25, -0.2) is 0 Å². The Morgan fingerprint density at radius 3 is 2.63 bits per heavy atom. The van der Waals surface area contributed by atoms with Crippen LogP contribution >= 0.6 is 11.3 Å². The topological polar surface area (TPSA) is 52.8 Å². The lowest BCUT2D eigenvalue weighted by Gasteiger charge is -2.04. The van der Waals surface area contributed by atoms with Gasteiger partial charge in [0.2, 0.25) is 0 Å². The molecular formula is C21H20N2O3S. The molecule has 0 radical (unpaired) electrons. The zero-order valence-electron chi connectivity index (χ0n) is 15.3. The summed E-state index contributed by atoms with van der Waals surface area (Å²) in [4.78, 5) is 17.1. The maximum Gasteiger partial charge on any atom is 0.286 e. The van der Waals surface area contributed by atoms with Crippen molar-refractivity contribution in [1.29, 1.82) is 0 Å². The third-order valence-electron chi connectivity index (χ3n) is 4.05. The van der Waals surface area contributed by atoms with Crippen molar-refractivity contribution >= 4 is 27.5 Å². The van der Waals surface area contributed by atoms with Crippen LogP contribution in [0.5, 0.6) is 11.5 Å². The largest absolute Gasteiger partial charge is 0.497 e. The molecule has 0 spiro atoms. The van der Waals surface area contributed by atoms with Crippen LogP contribution in [0, 0.1) is 12.3 Å². The predicted molar refractivity (Wildman–Crippen MR) is 107 cm³/mol. The van der Waals surface area contributed by atoms with Gasteiger partial charge in [-0.05, 0) is 48.4 Å². The Morgan fingerprint density at radius 2 is 1.96 bits per heavy atom. The van der Waals surface area contributed by atoms with Crippen LogP contribution in [0.3, 0.4) is 0 Å². The van der Waals surface area contributed by atoms with Crippen LogP contribution in [-0.4, -0.2) is 24.2 Å². The molecule has 1 aromatic heterocycles. The molecule has 0 atom stereocenters. The number of aryl methyl sites for hydroxylation is 1. The van der Waals surface area contributed by atoms with Gasteiger partial charge in [-0.2, -0.15) is 4.99 Å². The molecule has 0 saturated carbocycles. The molecule has 1 heterocycles. The highest BCUT2D eigenvalue weighted by Crippen LogP contribution is 2.20. The molecule has 138 valence electrons. The van der Waals surface area contributed by atoms with E-state index in [1.54, 1.807) is 31.4 Å². The van der Waals surface area contributed by atoms with Gasteiger partial charge in [0.05, 0.1) is 23.9 Å². The van der Waals surface area contributed by atoms with Gasteiger partial charge in [-0.3, -0.25) is 4.79 Å². The molecule has 0 aliphatic heterocycles. The number of methoxy groups -OCH3 is 1. The monoisotopic (exact) mass is 380 g/mol. The minimum Gasteiger partial charge on any atom is -0.497 e. The average molecular weight is 380 g/mol. The van der Waals surface area contributed by atoms with Crippen molar-refractivity contribution in [2.24, 2.45) is 4.99 Å². The number of amides is 1. The van der Waals surface area contributed by atoms with Gasteiger partial charge in [0.15, 0.2) is 11.4 Å². The number of fused-ring (bicyclic) bond motifs is 1. The molecule has 27 heavy (non-hydrogen) atoms. The summed E-state index contributed by atoms with van der Waals surface area (Å²) in [6.45, 7) is 2.32. The highest BCUT2D eigenvalue weighted by Gasteiger charge is 2.08. The van der Waals surface area contributed by atoms with E-state index < -0.39 is 0 Å². The molecule has 0 aliphatic carbocycles. The number of carbonyl (C=O) groups excluding carboxylic acids is 1. The number of hydrogen-bond donors (Lipinski definition) is 0. The second kappa shape index (κ2) is 8.56. The van der Waals surface area contributed by atoms with Gasteiger partial charge in [0.1, 0.15) is 11.5 Å². The third-order valence-corrected chi connectivity index (χ3v) is 5.09. The van der Waals surface area contributed by atoms with E-state index in [1.165, 1.54) is 16.9 Å². The Hall–Kier alpha value is -3.04. The average Bonchev–Trinajstić information content (AvgIpc) is 3.03. The quantitative estimate of drug-likeness (QED) is 0.616. The first-order chi connectivity index (χ1) is 13.1. The minimum atomic E-state index is -0.362. The molecule has 6 heteroatoms. The van der Waals surface area contributed by atoms with Crippen LogP contribution in [0.4, 0.5) is 0 Å². The molecule has 2 aromatic carbocycles. The third kappa shape index (κ3) is 4.39. The molecule has 3 aromatic rings. The van der Waals surface area contributed by atoms with E-state index in [-0.39, 0.29) is 12.5 Å². The molecule has 3 rings (SSSR count). The van der Waals surface area contributed by atoms with Crippen molar-refractivity contribution in [2.75, 3.05) is 13.7 Å². The van der Waals surface area contributed by atoms with Gasteiger partial charge >= 0.3 is 0 Å². The normalized spacial score (nSPS) is 11.4. The summed E-state index contributed by atoms with van der Waals surface area (Å²) in [5.41, 5.74) is 2.22. The van der Waals surface area contributed by atoms with Crippen LogP contribution in [0.2, 0.25) is 0 Å². The first kappa shape index (κ1) is 18.7. The fourth-order valence-electron chi connectivity index (χ4n) is 2.62. The van der Waals surface area contributed by atoms with Gasteiger partial charge in [0, 0.05) is 0 Å². The van der Waals surface area contributed by atoms with E-state index in [2.05, 4.69) is 30.0 Å². The van der Waals surface area contributed by atoms with Crippen LogP contribution in [0.1, 0.15) is 12.5 Å². The number of terminal acetylenes is 1. The molecule has 0 aliphatic rings. The van der Waals surface area contributed by atoms with E-state index in [0.29, 0.717) is 17.1 Å². The van der Waals surface area contributed by atoms with E-state index in [9.17, 15) is 4.79 Å². The Labute approximate surface area is 161 Å². The lowest BCUT2D eigenvalue weighted by atomic mass is 10.2. The fraction of sp³-hybridized carbons (Fsp3) is 0.238. The van der Waals surface area contributed by atoms with E-state index >= 15 is 0 Å². The molecule has 0 fully saturated rings. The second-order valence-corrected chi connectivity index (χ2v) is 6.81. The number of hydrogen-bond acceptors (Lipinski definition) is 4. The SMILES string of the molecule is C#CCn1c(=NC(=O)COc2ccc(OC)cc2)sc2cc(CC)ccc21. The van der Waals surface area contributed by atoms with Crippen molar-refractivity contribution in [3.05, 3.63) is 52.8 Å². The lowest BCUT2D eigenvalue weighted by Crippen LogP contribution is -2.19. The fourth-order valence-corrected chi connectivity index (χ4v) is 3.73. The zero-order valence-corrected chi connectivity index (χ0v) is 16.1. The number of carbonyl (C=O) groups is 1. The van der Waals surface area contributed by atoms with Gasteiger partial charge in [0.25, 0.3) is 5.91 Å². The number of aromatic nitrogens is 1. The lowest BCUT2D eigenvalue weighted by molar-refractivity contribution is -0.120. The minimum absolute atomic E-state index is 0.142. The van der Waals surface area contributed by atoms with E-state index in [4.69, 9.17) is 15.9 Å². The van der Waals surface area contributed by atoms with Crippen LogP contribution < -0.4 is 14.3 Å². The molecule has 0 saturated heterocycles. The summed E-state index contributed by atoms with van der Waals surface area (Å²) in [5, 5.41) is 0. The Balaban J connectivity index is 1.83.